The first kappa shape index (κ1) is 14.7. The Bertz CT molecular complexity index is 741. The van der Waals surface area contributed by atoms with Crippen LogP contribution in [0.1, 0.15) is 56.0 Å². The van der Waals surface area contributed by atoms with Crippen molar-refractivity contribution in [1.29, 1.82) is 0 Å². The molecule has 1 unspecified atom stereocenters. The summed E-state index contributed by atoms with van der Waals surface area (Å²) in [6.45, 7) is 6.48. The van der Waals surface area contributed by atoms with Gasteiger partial charge in [-0.15, -0.1) is 0 Å². The van der Waals surface area contributed by atoms with Gasteiger partial charge in [0.15, 0.2) is 0 Å². The van der Waals surface area contributed by atoms with Crippen LogP contribution in [0, 0.1) is 17.8 Å². The van der Waals surface area contributed by atoms with Gasteiger partial charge in [-0.05, 0) is 38.5 Å². The van der Waals surface area contributed by atoms with Gasteiger partial charge in [-0.1, -0.05) is 37.6 Å². The van der Waals surface area contributed by atoms with Gasteiger partial charge in [0, 0.05) is 22.6 Å². The number of ketones is 2. The van der Waals surface area contributed by atoms with Crippen molar-refractivity contribution >= 4 is 17.3 Å². The van der Waals surface area contributed by atoms with Crippen LogP contribution < -0.4 is 0 Å². The zero-order valence-electron chi connectivity index (χ0n) is 13.9. The molecule has 0 saturated heterocycles. The molecule has 0 spiro atoms. The van der Waals surface area contributed by atoms with Crippen LogP contribution >= 0.6 is 0 Å². The molecule has 0 bridgehead atoms. The Balaban J connectivity index is 1.94. The van der Waals surface area contributed by atoms with Crippen LogP contribution in [-0.4, -0.2) is 17.2 Å². The summed E-state index contributed by atoms with van der Waals surface area (Å²) >= 11 is 0. The summed E-state index contributed by atoms with van der Waals surface area (Å²) in [5.41, 5.74) is 1.60. The predicted octanol–water partition coefficient (Wildman–Crippen LogP) is 4.02. The number of allylic oxidation sites excluding steroid dienone is 1. The molecule has 3 atom stereocenters. The molecule has 1 aliphatic heterocycles. The molecule has 0 aromatic heterocycles. The van der Waals surface area contributed by atoms with Crippen LogP contribution in [0.25, 0.3) is 5.76 Å². The molecule has 23 heavy (non-hydrogen) atoms. The second-order valence-electron chi connectivity index (χ2n) is 7.78. The summed E-state index contributed by atoms with van der Waals surface area (Å²) in [5, 5.41) is 0. The highest BCUT2D eigenvalue weighted by molar-refractivity contribution is 6.52. The van der Waals surface area contributed by atoms with Crippen LogP contribution in [-0.2, 0) is 9.53 Å². The minimum Gasteiger partial charge on any atom is -0.486 e. The summed E-state index contributed by atoms with van der Waals surface area (Å²) < 4.78 is 6.33. The van der Waals surface area contributed by atoms with E-state index in [2.05, 4.69) is 20.8 Å². The molecule has 3 nitrogen and oxygen atoms in total. The fraction of sp³-hybridized carbons (Fsp3) is 0.500. The second-order valence-corrected chi connectivity index (χ2v) is 7.78. The van der Waals surface area contributed by atoms with Crippen molar-refractivity contribution in [2.75, 3.05) is 0 Å². The molecular weight excluding hydrogens is 288 g/mol. The maximum Gasteiger partial charge on any atom is 0.234 e. The summed E-state index contributed by atoms with van der Waals surface area (Å²) in [6, 6.07) is 7.33. The third-order valence-electron chi connectivity index (χ3n) is 5.85. The number of hydrogen-bond acceptors (Lipinski definition) is 3. The fourth-order valence-corrected chi connectivity index (χ4v) is 4.69. The van der Waals surface area contributed by atoms with Crippen LogP contribution in [0.5, 0.6) is 0 Å². The van der Waals surface area contributed by atoms with E-state index in [-0.39, 0.29) is 23.1 Å². The average Bonchev–Trinajstić information content (AvgIpc) is 2.51. The SMILES string of the molecule is C[C@H]1CC[C@H]2C(C1)C1=C(OC2(C)C)c2ccccc2C(=O)C1=O. The Labute approximate surface area is 136 Å². The van der Waals surface area contributed by atoms with Gasteiger partial charge in [0.25, 0.3) is 0 Å². The van der Waals surface area contributed by atoms with Crippen molar-refractivity contribution in [3.8, 4) is 0 Å². The predicted molar refractivity (Wildman–Crippen MR) is 87.9 cm³/mol. The minimum absolute atomic E-state index is 0.141. The monoisotopic (exact) mass is 310 g/mol. The summed E-state index contributed by atoms with van der Waals surface area (Å²) in [6.07, 6.45) is 3.19. The van der Waals surface area contributed by atoms with Crippen molar-refractivity contribution in [2.45, 2.75) is 45.6 Å². The van der Waals surface area contributed by atoms with E-state index in [1.807, 2.05) is 12.1 Å². The summed E-state index contributed by atoms with van der Waals surface area (Å²) in [7, 11) is 0. The number of carbonyl (C=O) groups is 2. The molecule has 0 N–H and O–H groups in total. The molecule has 0 amide bonds. The maximum absolute atomic E-state index is 12.8. The molecule has 3 aliphatic rings. The molecule has 2 aliphatic carbocycles. The highest BCUT2D eigenvalue weighted by atomic mass is 16.5. The van der Waals surface area contributed by atoms with Crippen molar-refractivity contribution in [1.82, 2.24) is 0 Å². The first-order valence-corrected chi connectivity index (χ1v) is 8.51. The van der Waals surface area contributed by atoms with Crippen molar-refractivity contribution < 1.29 is 14.3 Å². The lowest BCUT2D eigenvalue weighted by Gasteiger charge is -2.50. The van der Waals surface area contributed by atoms with Crippen LogP contribution in [0.4, 0.5) is 0 Å². The summed E-state index contributed by atoms with van der Waals surface area (Å²) in [4.78, 5) is 25.4. The minimum atomic E-state index is -0.375. The molecule has 1 saturated carbocycles. The van der Waals surface area contributed by atoms with E-state index >= 15 is 0 Å². The topological polar surface area (TPSA) is 43.4 Å². The van der Waals surface area contributed by atoms with Crippen molar-refractivity contribution in [3.63, 3.8) is 0 Å². The zero-order valence-corrected chi connectivity index (χ0v) is 13.9. The maximum atomic E-state index is 12.8. The van der Waals surface area contributed by atoms with E-state index in [1.54, 1.807) is 12.1 Å². The first-order chi connectivity index (χ1) is 10.9. The Morgan fingerprint density at radius 3 is 2.48 bits per heavy atom. The molecular formula is C20H22O3. The van der Waals surface area contributed by atoms with E-state index in [9.17, 15) is 9.59 Å². The molecule has 1 aromatic rings. The molecule has 120 valence electrons. The lowest BCUT2D eigenvalue weighted by Crippen LogP contribution is -2.49. The van der Waals surface area contributed by atoms with Gasteiger partial charge in [-0.3, -0.25) is 9.59 Å². The standard InChI is InChI=1S/C20H22O3/c1-11-8-9-15-14(10-11)16-18(22)17(21)12-6-4-5-7-13(12)19(16)23-20(15,2)3/h4-7,11,14-15H,8-10H2,1-3H3/t11-,14?,15-/m0/s1. The molecule has 1 heterocycles. The van der Waals surface area contributed by atoms with Crippen LogP contribution in [0.15, 0.2) is 29.8 Å². The fourth-order valence-electron chi connectivity index (χ4n) is 4.69. The Morgan fingerprint density at radius 2 is 1.74 bits per heavy atom. The van der Waals surface area contributed by atoms with Gasteiger partial charge in [-0.2, -0.15) is 0 Å². The Kier molecular flexibility index (Phi) is 3.06. The van der Waals surface area contributed by atoms with Gasteiger partial charge >= 0.3 is 0 Å². The smallest absolute Gasteiger partial charge is 0.234 e. The Hall–Kier alpha value is -1.90. The first-order valence-electron chi connectivity index (χ1n) is 8.51. The molecule has 3 heteroatoms. The highest BCUT2D eigenvalue weighted by Gasteiger charge is 2.51. The number of carbonyl (C=O) groups excluding carboxylic acids is 2. The van der Waals surface area contributed by atoms with Gasteiger partial charge in [-0.25, -0.2) is 0 Å². The molecule has 1 aromatic carbocycles. The van der Waals surface area contributed by atoms with E-state index in [0.717, 1.165) is 24.8 Å². The number of fused-ring (bicyclic) bond motifs is 4. The number of ether oxygens (including phenoxy) is 1. The van der Waals surface area contributed by atoms with E-state index < -0.39 is 0 Å². The van der Waals surface area contributed by atoms with Crippen LogP contribution in [0.3, 0.4) is 0 Å². The van der Waals surface area contributed by atoms with Crippen molar-refractivity contribution in [2.24, 2.45) is 17.8 Å². The zero-order chi connectivity index (χ0) is 16.4. The van der Waals surface area contributed by atoms with Gasteiger partial charge in [0.05, 0.1) is 0 Å². The van der Waals surface area contributed by atoms with E-state index in [4.69, 9.17) is 4.74 Å². The second kappa shape index (κ2) is 4.80. The lowest BCUT2D eigenvalue weighted by molar-refractivity contribution is -0.115. The van der Waals surface area contributed by atoms with Gasteiger partial charge in [0.2, 0.25) is 11.6 Å². The molecule has 0 radical (unpaired) electrons. The van der Waals surface area contributed by atoms with Crippen LogP contribution in [0.2, 0.25) is 0 Å². The number of hydrogen-bond donors (Lipinski definition) is 0. The lowest BCUT2D eigenvalue weighted by atomic mass is 9.62. The quantitative estimate of drug-likeness (QED) is 0.680. The number of Topliss-reactive ketones (excluding diaryl/α,β-unsaturated/α-hetero) is 2. The average molecular weight is 310 g/mol. The van der Waals surface area contributed by atoms with Crippen molar-refractivity contribution in [3.05, 3.63) is 41.0 Å². The van der Waals surface area contributed by atoms with Gasteiger partial charge in [0.1, 0.15) is 11.4 Å². The highest BCUT2D eigenvalue weighted by Crippen LogP contribution is 2.53. The van der Waals surface area contributed by atoms with Gasteiger partial charge < -0.3 is 4.74 Å². The number of rotatable bonds is 0. The Morgan fingerprint density at radius 1 is 1.04 bits per heavy atom. The van der Waals surface area contributed by atoms with E-state index in [1.165, 1.54) is 0 Å². The largest absolute Gasteiger partial charge is 0.486 e. The third kappa shape index (κ3) is 2.02. The molecule has 1 fully saturated rings. The summed E-state index contributed by atoms with van der Waals surface area (Å²) in [5.74, 6) is 0.962. The normalized spacial score (nSPS) is 31.9. The van der Waals surface area contributed by atoms with E-state index in [0.29, 0.717) is 28.7 Å². The third-order valence-corrected chi connectivity index (χ3v) is 5.85. The number of benzene rings is 1. The molecule has 4 rings (SSSR count).